The number of rotatable bonds is 8. The van der Waals surface area contributed by atoms with Crippen LogP contribution in [0.2, 0.25) is 0 Å². The number of alkyl carbamates (subject to hydrolysis) is 1. The van der Waals surface area contributed by atoms with Crippen LogP contribution in [0.5, 0.6) is 0 Å². The van der Waals surface area contributed by atoms with Crippen LogP contribution in [-0.4, -0.2) is 48.2 Å². The van der Waals surface area contributed by atoms with Crippen molar-refractivity contribution in [1.82, 2.24) is 10.6 Å². The summed E-state index contributed by atoms with van der Waals surface area (Å²) in [4.78, 5) is 49.6. The predicted molar refractivity (Wildman–Crippen MR) is 121 cm³/mol. The Bertz CT molecular complexity index is 842. The zero-order chi connectivity index (χ0) is 24.7. The fourth-order valence-corrected chi connectivity index (χ4v) is 2.73. The molecule has 32 heavy (non-hydrogen) atoms. The van der Waals surface area contributed by atoms with Crippen LogP contribution >= 0.6 is 0 Å². The van der Waals surface area contributed by atoms with Gasteiger partial charge in [0.1, 0.15) is 17.2 Å². The summed E-state index contributed by atoms with van der Waals surface area (Å²) in [5.41, 5.74) is -1.35. The van der Waals surface area contributed by atoms with Crippen molar-refractivity contribution in [2.75, 3.05) is 12.4 Å². The van der Waals surface area contributed by atoms with E-state index in [1.165, 1.54) is 13.2 Å². The minimum Gasteiger partial charge on any atom is -0.465 e. The van der Waals surface area contributed by atoms with E-state index >= 15 is 0 Å². The molecule has 0 radical (unpaired) electrons. The highest BCUT2D eigenvalue weighted by atomic mass is 16.6. The van der Waals surface area contributed by atoms with E-state index < -0.39 is 41.1 Å². The molecule has 9 nitrogen and oxygen atoms in total. The number of anilines is 1. The van der Waals surface area contributed by atoms with E-state index in [1.54, 1.807) is 52.8 Å². The molecule has 1 aromatic carbocycles. The van der Waals surface area contributed by atoms with Crippen LogP contribution in [0.4, 0.5) is 10.5 Å². The molecule has 1 aromatic rings. The van der Waals surface area contributed by atoms with Gasteiger partial charge in [-0.3, -0.25) is 9.59 Å². The van der Waals surface area contributed by atoms with Crippen LogP contribution in [0.1, 0.15) is 65.2 Å². The van der Waals surface area contributed by atoms with Gasteiger partial charge in [0.15, 0.2) is 0 Å². The molecule has 0 unspecified atom stereocenters. The zero-order valence-corrected chi connectivity index (χ0v) is 20.1. The Morgan fingerprint density at radius 1 is 1.03 bits per heavy atom. The SMILES string of the molecule is COC(=O)c1cccc(NC(=O)C(C)(C)NC(=O)[C@H](CC(C)C)NC(=O)OC(C)(C)C)c1. The molecule has 9 heteroatoms. The first-order valence-corrected chi connectivity index (χ1v) is 10.5. The lowest BCUT2D eigenvalue weighted by Crippen LogP contribution is -2.58. The molecule has 0 fully saturated rings. The highest BCUT2D eigenvalue weighted by Crippen LogP contribution is 2.15. The number of esters is 1. The fraction of sp³-hybridized carbons (Fsp3) is 0.565. The van der Waals surface area contributed by atoms with Crippen molar-refractivity contribution in [2.45, 2.75) is 72.1 Å². The van der Waals surface area contributed by atoms with Crippen molar-refractivity contribution < 1.29 is 28.7 Å². The third kappa shape index (κ3) is 8.95. The van der Waals surface area contributed by atoms with Crippen LogP contribution in [0.25, 0.3) is 0 Å². The zero-order valence-electron chi connectivity index (χ0n) is 20.1. The van der Waals surface area contributed by atoms with Crippen molar-refractivity contribution >= 4 is 29.6 Å². The van der Waals surface area contributed by atoms with E-state index in [0.717, 1.165) is 0 Å². The molecular formula is C23H35N3O6. The van der Waals surface area contributed by atoms with Gasteiger partial charge in [0, 0.05) is 5.69 Å². The van der Waals surface area contributed by atoms with Crippen LogP contribution in [0.3, 0.4) is 0 Å². The molecule has 0 bridgehead atoms. The molecule has 3 N–H and O–H groups in total. The molecule has 178 valence electrons. The van der Waals surface area contributed by atoms with Crippen LogP contribution in [-0.2, 0) is 19.1 Å². The largest absolute Gasteiger partial charge is 0.465 e. The molecule has 0 saturated carbocycles. The highest BCUT2D eigenvalue weighted by molar-refractivity contribution is 6.01. The second-order valence-electron chi connectivity index (χ2n) is 9.47. The molecule has 0 spiro atoms. The van der Waals surface area contributed by atoms with Crippen LogP contribution in [0.15, 0.2) is 24.3 Å². The maximum atomic E-state index is 12.9. The summed E-state index contributed by atoms with van der Waals surface area (Å²) in [5, 5.41) is 7.96. The van der Waals surface area contributed by atoms with Gasteiger partial charge in [-0.25, -0.2) is 9.59 Å². The summed E-state index contributed by atoms with van der Waals surface area (Å²) in [6.45, 7) is 12.1. The molecular weight excluding hydrogens is 414 g/mol. The number of benzene rings is 1. The van der Waals surface area contributed by atoms with E-state index in [9.17, 15) is 19.2 Å². The van der Waals surface area contributed by atoms with Gasteiger partial charge < -0.3 is 25.4 Å². The second-order valence-corrected chi connectivity index (χ2v) is 9.47. The standard InChI is InChI=1S/C23H35N3O6/c1-14(2)12-17(25-21(30)32-22(3,4)5)18(27)26-23(6,7)20(29)24-16-11-9-10-15(13-16)19(28)31-8/h9-11,13-14,17H,12H2,1-8H3,(H,24,29)(H,25,30)(H,26,27)/t17-/m0/s1. The van der Waals surface area contributed by atoms with Crippen LogP contribution in [0, 0.1) is 5.92 Å². The fourth-order valence-electron chi connectivity index (χ4n) is 2.73. The third-order valence-electron chi connectivity index (χ3n) is 4.26. The summed E-state index contributed by atoms with van der Waals surface area (Å²) in [5.74, 6) is -1.42. The number of hydrogen-bond donors (Lipinski definition) is 3. The maximum absolute atomic E-state index is 12.9. The molecule has 0 aliphatic rings. The number of carbonyl (C=O) groups is 4. The Labute approximate surface area is 189 Å². The van der Waals surface area contributed by atoms with Crippen molar-refractivity contribution in [2.24, 2.45) is 5.92 Å². The Kier molecular flexibility index (Phi) is 9.23. The first kappa shape index (κ1) is 26.9. The van der Waals surface area contributed by atoms with E-state index in [2.05, 4.69) is 20.7 Å². The lowest BCUT2D eigenvalue weighted by atomic mass is 9.99. The van der Waals surface area contributed by atoms with Gasteiger partial charge in [0.25, 0.3) is 0 Å². The quantitative estimate of drug-likeness (QED) is 0.524. The van der Waals surface area contributed by atoms with Gasteiger partial charge in [-0.05, 0) is 65.2 Å². The second kappa shape index (κ2) is 11.0. The Balaban J connectivity index is 2.90. The molecule has 0 aliphatic carbocycles. The van der Waals surface area contributed by atoms with Crippen molar-refractivity contribution in [3.8, 4) is 0 Å². The van der Waals surface area contributed by atoms with Gasteiger partial charge in [0.05, 0.1) is 12.7 Å². The lowest BCUT2D eigenvalue weighted by Gasteiger charge is -2.29. The summed E-state index contributed by atoms with van der Waals surface area (Å²) in [6, 6.07) is 5.39. The first-order valence-electron chi connectivity index (χ1n) is 10.5. The Morgan fingerprint density at radius 3 is 2.19 bits per heavy atom. The highest BCUT2D eigenvalue weighted by Gasteiger charge is 2.34. The van der Waals surface area contributed by atoms with E-state index in [0.29, 0.717) is 12.1 Å². The maximum Gasteiger partial charge on any atom is 0.408 e. The van der Waals surface area contributed by atoms with Gasteiger partial charge in [-0.1, -0.05) is 19.9 Å². The summed E-state index contributed by atoms with van der Waals surface area (Å²) >= 11 is 0. The third-order valence-corrected chi connectivity index (χ3v) is 4.26. The van der Waals surface area contributed by atoms with E-state index in [4.69, 9.17) is 4.74 Å². The summed E-state index contributed by atoms with van der Waals surface area (Å²) in [6.07, 6.45) is -0.343. The number of methoxy groups -OCH3 is 1. The number of carbonyl (C=O) groups excluding carboxylic acids is 4. The van der Waals surface area contributed by atoms with Crippen molar-refractivity contribution in [3.05, 3.63) is 29.8 Å². The number of hydrogen-bond acceptors (Lipinski definition) is 6. The molecule has 0 aromatic heterocycles. The normalized spacial score (nSPS) is 12.5. The molecule has 0 saturated heterocycles. The topological polar surface area (TPSA) is 123 Å². The molecule has 1 rings (SSSR count). The number of ether oxygens (including phenoxy) is 2. The summed E-state index contributed by atoms with van der Waals surface area (Å²) in [7, 11) is 1.27. The summed E-state index contributed by atoms with van der Waals surface area (Å²) < 4.78 is 9.93. The average molecular weight is 450 g/mol. The number of amides is 3. The molecule has 0 heterocycles. The molecule has 3 amide bonds. The lowest BCUT2D eigenvalue weighted by molar-refractivity contribution is -0.130. The predicted octanol–water partition coefficient (Wildman–Crippen LogP) is 3.25. The van der Waals surface area contributed by atoms with Crippen molar-refractivity contribution in [3.63, 3.8) is 0 Å². The molecule has 1 atom stereocenters. The average Bonchev–Trinajstić information content (AvgIpc) is 2.64. The minimum atomic E-state index is -1.30. The smallest absolute Gasteiger partial charge is 0.408 e. The Morgan fingerprint density at radius 2 is 1.66 bits per heavy atom. The van der Waals surface area contributed by atoms with E-state index in [1.807, 2.05) is 13.8 Å². The molecule has 0 aliphatic heterocycles. The van der Waals surface area contributed by atoms with Gasteiger partial charge >= 0.3 is 12.1 Å². The number of nitrogens with one attached hydrogen (secondary N) is 3. The van der Waals surface area contributed by atoms with Crippen molar-refractivity contribution in [1.29, 1.82) is 0 Å². The first-order chi connectivity index (χ1) is 14.6. The van der Waals surface area contributed by atoms with Gasteiger partial charge in [-0.15, -0.1) is 0 Å². The monoisotopic (exact) mass is 449 g/mol. The van der Waals surface area contributed by atoms with E-state index in [-0.39, 0.29) is 11.5 Å². The van der Waals surface area contributed by atoms with Gasteiger partial charge in [-0.2, -0.15) is 0 Å². The van der Waals surface area contributed by atoms with Crippen LogP contribution < -0.4 is 16.0 Å². The Hall–Kier alpha value is -3.10. The minimum absolute atomic E-state index is 0.110. The van der Waals surface area contributed by atoms with Gasteiger partial charge in [0.2, 0.25) is 11.8 Å².